The van der Waals surface area contributed by atoms with E-state index in [1.165, 1.54) is 12.1 Å². The molecule has 1 aliphatic heterocycles. The largest absolute Gasteiger partial charge is 0.573 e. The Bertz CT molecular complexity index is 905. The van der Waals surface area contributed by atoms with E-state index in [1.807, 2.05) is 20.8 Å². The van der Waals surface area contributed by atoms with Crippen LogP contribution in [0.1, 0.15) is 46.5 Å². The normalized spacial score (nSPS) is 22.2. The van der Waals surface area contributed by atoms with Crippen molar-refractivity contribution in [2.24, 2.45) is 5.92 Å². The first-order chi connectivity index (χ1) is 17.3. The van der Waals surface area contributed by atoms with Gasteiger partial charge in [-0.05, 0) is 83.2 Å². The van der Waals surface area contributed by atoms with Crippen LogP contribution in [0.25, 0.3) is 0 Å². The van der Waals surface area contributed by atoms with E-state index in [0.717, 1.165) is 37.8 Å². The van der Waals surface area contributed by atoms with E-state index < -0.39 is 24.3 Å². The minimum absolute atomic E-state index is 0.0530. The van der Waals surface area contributed by atoms with Crippen LogP contribution in [0.15, 0.2) is 24.3 Å². The summed E-state index contributed by atoms with van der Waals surface area (Å²) in [6.45, 7) is 6.68. The van der Waals surface area contributed by atoms with Gasteiger partial charge in [-0.25, -0.2) is 9.59 Å². The topological polar surface area (TPSA) is 116 Å². The van der Waals surface area contributed by atoms with E-state index in [1.54, 1.807) is 11.9 Å². The molecule has 1 saturated heterocycles. The Balaban J connectivity index is 1.44. The number of benzene rings is 1. The second-order valence-electron chi connectivity index (χ2n) is 10.4. The van der Waals surface area contributed by atoms with E-state index >= 15 is 0 Å². The van der Waals surface area contributed by atoms with E-state index in [-0.39, 0.29) is 24.1 Å². The molecular weight excluding hydrogens is 493 g/mol. The van der Waals surface area contributed by atoms with Gasteiger partial charge in [-0.15, -0.1) is 13.2 Å². The molecule has 10 nitrogen and oxygen atoms in total. The quantitative estimate of drug-likeness (QED) is 0.310. The van der Waals surface area contributed by atoms with Gasteiger partial charge in [0.05, 0.1) is 6.17 Å². The summed E-state index contributed by atoms with van der Waals surface area (Å²) in [5.41, 5.74) is -0.218. The zero-order valence-electron chi connectivity index (χ0n) is 21.6. The van der Waals surface area contributed by atoms with E-state index in [4.69, 9.17) is 4.74 Å². The number of rotatable bonds is 9. The fourth-order valence-electron chi connectivity index (χ4n) is 3.97. The molecule has 0 bridgehead atoms. The molecule has 2 aliphatic rings. The van der Waals surface area contributed by atoms with Crippen molar-refractivity contribution in [3.63, 3.8) is 0 Å². The van der Waals surface area contributed by atoms with Crippen LogP contribution in [0.2, 0.25) is 0 Å². The van der Waals surface area contributed by atoms with Gasteiger partial charge in [0.1, 0.15) is 17.6 Å². The van der Waals surface area contributed by atoms with E-state index in [0.29, 0.717) is 24.7 Å². The lowest BCUT2D eigenvalue weighted by molar-refractivity contribution is -0.274. The predicted molar refractivity (Wildman–Crippen MR) is 132 cm³/mol. The van der Waals surface area contributed by atoms with Crippen molar-refractivity contribution in [1.82, 2.24) is 26.2 Å². The molecule has 208 valence electrons. The third-order valence-electron chi connectivity index (χ3n) is 5.82. The van der Waals surface area contributed by atoms with E-state index in [9.17, 15) is 22.8 Å². The first kappa shape index (κ1) is 28.8. The SMILES string of the molecule is CN(CCCNC1CC(C2CC2)NC(NC(=O)Nc2ccc(OC(F)(F)F)cc2)N1)C(=O)OC(C)(C)C. The van der Waals surface area contributed by atoms with Crippen LogP contribution in [0.5, 0.6) is 5.75 Å². The Morgan fingerprint density at radius 3 is 2.38 bits per heavy atom. The molecule has 3 amide bonds. The lowest BCUT2D eigenvalue weighted by atomic mass is 10.0. The number of nitrogens with zero attached hydrogens (tertiary/aromatic N) is 1. The monoisotopic (exact) mass is 530 g/mol. The number of hydrogen-bond acceptors (Lipinski definition) is 7. The van der Waals surface area contributed by atoms with Crippen LogP contribution in [0, 0.1) is 5.92 Å². The van der Waals surface area contributed by atoms with Gasteiger partial charge in [-0.1, -0.05) is 0 Å². The van der Waals surface area contributed by atoms with Crippen LogP contribution in [0.4, 0.5) is 28.4 Å². The zero-order chi connectivity index (χ0) is 27.2. The molecule has 1 aromatic rings. The standard InChI is InChI=1S/C24H37F3N6O4/c1-23(2,3)37-22(35)33(4)13-5-12-28-19-14-18(15-6-7-15)30-20(31-19)32-21(34)29-16-8-10-17(11-9-16)36-24(25,26)27/h8-11,15,18-20,28,30-31H,5-7,12-14H2,1-4H3,(H2,29,32,34). The van der Waals surface area contributed by atoms with Crippen molar-refractivity contribution < 1.29 is 32.2 Å². The summed E-state index contributed by atoms with van der Waals surface area (Å²) in [7, 11) is 1.70. The van der Waals surface area contributed by atoms with E-state index in [2.05, 4.69) is 31.3 Å². The van der Waals surface area contributed by atoms with Gasteiger partial charge in [-0.3, -0.25) is 10.6 Å². The van der Waals surface area contributed by atoms with Crippen LogP contribution in [-0.4, -0.2) is 67.6 Å². The molecule has 3 rings (SSSR count). The van der Waals surface area contributed by atoms with Gasteiger partial charge < -0.3 is 30.3 Å². The first-order valence-corrected chi connectivity index (χ1v) is 12.4. The molecule has 37 heavy (non-hydrogen) atoms. The molecule has 0 aromatic heterocycles. The van der Waals surface area contributed by atoms with Gasteiger partial charge in [0.15, 0.2) is 0 Å². The van der Waals surface area contributed by atoms with Crippen molar-refractivity contribution in [1.29, 1.82) is 0 Å². The Morgan fingerprint density at radius 1 is 1.11 bits per heavy atom. The van der Waals surface area contributed by atoms with Gasteiger partial charge in [0.25, 0.3) is 0 Å². The van der Waals surface area contributed by atoms with Crippen molar-refractivity contribution in [2.75, 3.05) is 25.5 Å². The molecule has 0 spiro atoms. The fraction of sp³-hybridized carbons (Fsp3) is 0.667. The zero-order valence-corrected chi connectivity index (χ0v) is 21.6. The fourth-order valence-corrected chi connectivity index (χ4v) is 3.97. The van der Waals surface area contributed by atoms with Crippen LogP contribution >= 0.6 is 0 Å². The Morgan fingerprint density at radius 2 is 1.78 bits per heavy atom. The van der Waals surface area contributed by atoms with Crippen LogP contribution < -0.4 is 31.3 Å². The summed E-state index contributed by atoms with van der Waals surface area (Å²) < 4.78 is 46.1. The average molecular weight is 531 g/mol. The van der Waals surface area contributed by atoms with Crippen molar-refractivity contribution in [3.8, 4) is 5.75 Å². The molecule has 1 aliphatic carbocycles. The maximum absolute atomic E-state index is 12.5. The van der Waals surface area contributed by atoms with Crippen LogP contribution in [0.3, 0.4) is 0 Å². The third kappa shape index (κ3) is 10.6. The number of nitrogens with one attached hydrogen (secondary N) is 5. The minimum Gasteiger partial charge on any atom is -0.444 e. The first-order valence-electron chi connectivity index (χ1n) is 12.4. The number of carbonyl (C=O) groups excluding carboxylic acids is 2. The third-order valence-corrected chi connectivity index (χ3v) is 5.82. The Kier molecular flexibility index (Phi) is 9.48. The van der Waals surface area contributed by atoms with Crippen molar-refractivity contribution in [3.05, 3.63) is 24.3 Å². The Labute approximate surface area is 215 Å². The number of anilines is 1. The van der Waals surface area contributed by atoms with Gasteiger partial charge in [-0.2, -0.15) is 0 Å². The molecule has 5 N–H and O–H groups in total. The molecule has 2 fully saturated rings. The molecule has 3 unspecified atom stereocenters. The predicted octanol–water partition coefficient (Wildman–Crippen LogP) is 3.52. The number of hydrogen-bond donors (Lipinski definition) is 5. The maximum atomic E-state index is 12.5. The van der Waals surface area contributed by atoms with Gasteiger partial charge in [0.2, 0.25) is 0 Å². The number of urea groups is 1. The summed E-state index contributed by atoms with van der Waals surface area (Å²) in [5, 5.41) is 15.6. The summed E-state index contributed by atoms with van der Waals surface area (Å²) in [6.07, 6.45) is -1.86. The molecule has 1 heterocycles. The van der Waals surface area contributed by atoms with Crippen LogP contribution in [-0.2, 0) is 4.74 Å². The number of ether oxygens (including phenoxy) is 2. The lowest BCUT2D eigenvalue weighted by Gasteiger charge is -2.38. The molecule has 1 aromatic carbocycles. The van der Waals surface area contributed by atoms with Crippen molar-refractivity contribution >= 4 is 17.8 Å². The number of halogens is 3. The molecule has 1 saturated carbocycles. The highest BCUT2D eigenvalue weighted by Gasteiger charge is 2.38. The minimum atomic E-state index is -4.78. The number of alkyl halides is 3. The Hall–Kier alpha value is -2.77. The van der Waals surface area contributed by atoms with Crippen molar-refractivity contribution in [2.45, 2.75) is 76.9 Å². The summed E-state index contributed by atoms with van der Waals surface area (Å²) >= 11 is 0. The van der Waals surface area contributed by atoms with Gasteiger partial charge >= 0.3 is 18.5 Å². The highest BCUT2D eigenvalue weighted by atomic mass is 19.4. The second kappa shape index (κ2) is 12.2. The highest BCUT2D eigenvalue weighted by molar-refractivity contribution is 5.89. The summed E-state index contributed by atoms with van der Waals surface area (Å²) in [4.78, 5) is 26.1. The number of amides is 3. The molecule has 3 atom stereocenters. The van der Waals surface area contributed by atoms with Gasteiger partial charge in [0, 0.05) is 25.3 Å². The molecule has 0 radical (unpaired) electrons. The lowest BCUT2D eigenvalue weighted by Crippen LogP contribution is -2.68. The smallest absolute Gasteiger partial charge is 0.444 e. The summed E-state index contributed by atoms with van der Waals surface area (Å²) in [6, 6.07) is 4.63. The highest BCUT2D eigenvalue weighted by Crippen LogP contribution is 2.35. The summed E-state index contributed by atoms with van der Waals surface area (Å²) in [5.74, 6) is 0.186. The number of carbonyl (C=O) groups is 2. The maximum Gasteiger partial charge on any atom is 0.573 e. The molecule has 13 heteroatoms. The second-order valence-corrected chi connectivity index (χ2v) is 10.4. The molecular formula is C24H37F3N6O4. The average Bonchev–Trinajstić information content (AvgIpc) is 3.61.